The quantitative estimate of drug-likeness (QED) is 0.459. The topological polar surface area (TPSA) is 91.8 Å². The van der Waals surface area contributed by atoms with Gasteiger partial charge < -0.3 is 9.64 Å². The van der Waals surface area contributed by atoms with Crippen LogP contribution >= 0.6 is 0 Å². The molecule has 2 heterocycles. The van der Waals surface area contributed by atoms with Gasteiger partial charge in [0.25, 0.3) is 5.91 Å². The lowest BCUT2D eigenvalue weighted by Gasteiger charge is -2.27. The average Bonchev–Trinajstić information content (AvgIpc) is 3.12. The van der Waals surface area contributed by atoms with Crippen molar-refractivity contribution in [2.24, 2.45) is 0 Å². The monoisotopic (exact) mass is 433 g/mol. The molecule has 0 aliphatic carbocycles. The molecule has 0 spiro atoms. The highest BCUT2D eigenvalue weighted by Gasteiger charge is 2.46. The maximum absolute atomic E-state index is 13.1. The van der Waals surface area contributed by atoms with Gasteiger partial charge >= 0.3 is 0 Å². The fraction of sp³-hybridized carbons (Fsp3) is 0.320. The third kappa shape index (κ3) is 3.91. The van der Waals surface area contributed by atoms with Crippen molar-refractivity contribution in [3.8, 4) is 5.75 Å². The molecule has 2 aromatic carbocycles. The van der Waals surface area contributed by atoms with E-state index in [1.807, 2.05) is 68.4 Å². The molecular formula is C25H27N3O4. The van der Waals surface area contributed by atoms with Gasteiger partial charge in [-0.05, 0) is 57.0 Å². The van der Waals surface area contributed by atoms with E-state index in [0.717, 1.165) is 27.7 Å². The Hall–Kier alpha value is -3.45. The Bertz CT molecular complexity index is 1160. The van der Waals surface area contributed by atoms with E-state index in [4.69, 9.17) is 9.94 Å². The average molecular weight is 434 g/mol. The van der Waals surface area contributed by atoms with Crippen molar-refractivity contribution in [2.75, 3.05) is 6.54 Å². The van der Waals surface area contributed by atoms with Crippen LogP contribution in [0.3, 0.4) is 0 Å². The van der Waals surface area contributed by atoms with Crippen LogP contribution < -0.4 is 10.2 Å². The zero-order valence-electron chi connectivity index (χ0n) is 18.5. The first-order valence-electron chi connectivity index (χ1n) is 10.7. The molecular weight excluding hydrogens is 406 g/mol. The highest BCUT2D eigenvalue weighted by Crippen LogP contribution is 2.37. The van der Waals surface area contributed by atoms with Crippen LogP contribution in [0.4, 0.5) is 0 Å². The molecule has 1 fully saturated rings. The molecule has 0 bridgehead atoms. The van der Waals surface area contributed by atoms with Gasteiger partial charge in [-0.2, -0.15) is 0 Å². The zero-order valence-corrected chi connectivity index (χ0v) is 18.5. The van der Waals surface area contributed by atoms with E-state index in [-0.39, 0.29) is 5.91 Å². The van der Waals surface area contributed by atoms with Crippen LogP contribution in [0.2, 0.25) is 0 Å². The lowest BCUT2D eigenvalue weighted by molar-refractivity contribution is -0.143. The number of aryl methyl sites for hydroxylation is 1. The predicted octanol–water partition coefficient (Wildman–Crippen LogP) is 3.51. The third-order valence-corrected chi connectivity index (χ3v) is 6.36. The number of rotatable bonds is 6. The van der Waals surface area contributed by atoms with Crippen molar-refractivity contribution in [1.29, 1.82) is 0 Å². The van der Waals surface area contributed by atoms with Crippen molar-refractivity contribution >= 4 is 22.7 Å². The van der Waals surface area contributed by atoms with Crippen molar-refractivity contribution in [3.05, 3.63) is 71.4 Å². The number of likely N-dealkylation sites (tertiary alicyclic amines) is 1. The number of hydroxylamine groups is 1. The molecule has 2 amide bonds. The van der Waals surface area contributed by atoms with Crippen LogP contribution in [0.15, 0.2) is 54.6 Å². The summed E-state index contributed by atoms with van der Waals surface area (Å²) in [6.07, 6.45) is 0.595. The Morgan fingerprint density at radius 1 is 1.25 bits per heavy atom. The summed E-state index contributed by atoms with van der Waals surface area (Å²) in [6, 6.07) is 16.9. The summed E-state index contributed by atoms with van der Waals surface area (Å²) in [5.74, 6) is -0.00237. The number of para-hydroxylation sites is 1. The molecule has 3 aromatic rings. The Balaban J connectivity index is 1.48. The predicted molar refractivity (Wildman–Crippen MR) is 120 cm³/mol. The molecule has 0 radical (unpaired) electrons. The van der Waals surface area contributed by atoms with E-state index in [9.17, 15) is 9.59 Å². The molecule has 166 valence electrons. The van der Waals surface area contributed by atoms with E-state index >= 15 is 0 Å². The number of carbonyl (C=O) groups is 2. The smallest absolute Gasteiger partial charge is 0.265 e. The van der Waals surface area contributed by atoms with Crippen LogP contribution in [-0.2, 0) is 21.6 Å². The summed E-state index contributed by atoms with van der Waals surface area (Å²) in [4.78, 5) is 30.9. The van der Waals surface area contributed by atoms with E-state index in [1.165, 1.54) is 4.90 Å². The summed E-state index contributed by atoms with van der Waals surface area (Å²) in [6.45, 7) is 6.34. The molecule has 2 N–H and O–H groups in total. The number of hydrogen-bond acceptors (Lipinski definition) is 5. The molecule has 4 rings (SSSR count). The molecule has 1 aliphatic rings. The number of aromatic nitrogens is 1. The van der Waals surface area contributed by atoms with Gasteiger partial charge in [-0.3, -0.25) is 19.8 Å². The van der Waals surface area contributed by atoms with Crippen molar-refractivity contribution < 1.29 is 19.5 Å². The number of pyridine rings is 1. The second kappa shape index (κ2) is 8.59. The lowest BCUT2D eigenvalue weighted by Crippen LogP contribution is -2.47. The van der Waals surface area contributed by atoms with Gasteiger partial charge in [-0.1, -0.05) is 30.3 Å². The highest BCUT2D eigenvalue weighted by molar-refractivity contribution is 5.94. The lowest BCUT2D eigenvalue weighted by atomic mass is 9.81. The number of amides is 2. The van der Waals surface area contributed by atoms with Gasteiger partial charge in [0.15, 0.2) is 0 Å². The first kappa shape index (κ1) is 21.8. The maximum Gasteiger partial charge on any atom is 0.265 e. The van der Waals surface area contributed by atoms with E-state index < -0.39 is 17.4 Å². The minimum absolute atomic E-state index is 0.124. The minimum Gasteiger partial charge on any atom is -0.489 e. The maximum atomic E-state index is 13.1. The van der Waals surface area contributed by atoms with Crippen LogP contribution in [0, 0.1) is 6.92 Å². The summed E-state index contributed by atoms with van der Waals surface area (Å²) < 4.78 is 6.03. The number of nitrogens with one attached hydrogen (secondary N) is 1. The zero-order chi connectivity index (χ0) is 22.9. The first-order valence-corrected chi connectivity index (χ1v) is 10.7. The fourth-order valence-electron chi connectivity index (χ4n) is 4.34. The first-order chi connectivity index (χ1) is 15.3. The van der Waals surface area contributed by atoms with Crippen LogP contribution in [-0.4, -0.2) is 39.5 Å². The second-order valence-electron chi connectivity index (χ2n) is 8.49. The Kier molecular flexibility index (Phi) is 5.84. The van der Waals surface area contributed by atoms with Gasteiger partial charge in [0, 0.05) is 23.2 Å². The molecule has 1 aromatic heterocycles. The molecule has 2 atom stereocenters. The fourth-order valence-corrected chi connectivity index (χ4v) is 4.34. The Labute approximate surface area is 187 Å². The number of hydrogen-bond donors (Lipinski definition) is 2. The second-order valence-corrected chi connectivity index (χ2v) is 8.49. The van der Waals surface area contributed by atoms with Crippen LogP contribution in [0.25, 0.3) is 10.9 Å². The standard InChI is InChI=1S/C25H27N3O4/c1-16-14-18(21-6-4-5-7-22(21)26-16)15-32-20-10-8-19(9-11-20)25(3)12-13-28(24(25)30)17(2)23(29)27-31/h4-11,14,17,31H,12-13,15H2,1-3H3,(H,27,29)/t17-,25?/m1/s1. The van der Waals surface area contributed by atoms with E-state index in [1.54, 1.807) is 12.4 Å². The molecule has 32 heavy (non-hydrogen) atoms. The third-order valence-electron chi connectivity index (χ3n) is 6.36. The van der Waals surface area contributed by atoms with Gasteiger partial charge in [0.2, 0.25) is 5.91 Å². The summed E-state index contributed by atoms with van der Waals surface area (Å²) in [7, 11) is 0. The van der Waals surface area contributed by atoms with Crippen molar-refractivity contribution in [1.82, 2.24) is 15.4 Å². The van der Waals surface area contributed by atoms with Crippen LogP contribution in [0.1, 0.15) is 37.1 Å². The van der Waals surface area contributed by atoms with E-state index in [2.05, 4.69) is 4.98 Å². The molecule has 1 saturated heterocycles. The Morgan fingerprint density at radius 3 is 2.69 bits per heavy atom. The Morgan fingerprint density at radius 2 is 1.97 bits per heavy atom. The SMILES string of the molecule is Cc1cc(COc2ccc(C3(C)CCN([C@H](C)C(=O)NO)C3=O)cc2)c2ccccc2n1. The van der Waals surface area contributed by atoms with Gasteiger partial charge in [0.05, 0.1) is 10.9 Å². The normalized spacial score (nSPS) is 19.2. The highest BCUT2D eigenvalue weighted by atomic mass is 16.5. The minimum atomic E-state index is -0.726. The molecule has 1 aliphatic heterocycles. The molecule has 0 saturated carbocycles. The summed E-state index contributed by atoms with van der Waals surface area (Å²) in [5, 5.41) is 9.95. The largest absolute Gasteiger partial charge is 0.489 e. The van der Waals surface area contributed by atoms with Gasteiger partial charge in [0.1, 0.15) is 18.4 Å². The van der Waals surface area contributed by atoms with Crippen molar-refractivity contribution in [3.63, 3.8) is 0 Å². The summed E-state index contributed by atoms with van der Waals surface area (Å²) in [5.41, 5.74) is 4.74. The van der Waals surface area contributed by atoms with Gasteiger partial charge in [-0.25, -0.2) is 5.48 Å². The molecule has 1 unspecified atom stereocenters. The van der Waals surface area contributed by atoms with Gasteiger partial charge in [-0.15, -0.1) is 0 Å². The summed E-state index contributed by atoms with van der Waals surface area (Å²) >= 11 is 0. The molecule has 7 nitrogen and oxygen atoms in total. The van der Waals surface area contributed by atoms with Crippen molar-refractivity contribution in [2.45, 2.75) is 45.3 Å². The van der Waals surface area contributed by atoms with Crippen LogP contribution in [0.5, 0.6) is 5.75 Å². The number of carbonyl (C=O) groups excluding carboxylic acids is 2. The number of ether oxygens (including phenoxy) is 1. The number of nitrogens with zero attached hydrogens (tertiary/aromatic N) is 2. The van der Waals surface area contributed by atoms with E-state index in [0.29, 0.717) is 25.3 Å². The molecule has 7 heteroatoms. The number of benzene rings is 2. The number of fused-ring (bicyclic) bond motifs is 1.